The lowest BCUT2D eigenvalue weighted by atomic mass is 9.79. The number of unbranched alkanes of at least 4 members (excludes halogenated alkanes) is 1. The first-order valence-corrected chi connectivity index (χ1v) is 16.6. The first-order chi connectivity index (χ1) is 22.6. The summed E-state index contributed by atoms with van der Waals surface area (Å²) in [5.41, 5.74) is 0.253. The van der Waals surface area contributed by atoms with Gasteiger partial charge in [-0.05, 0) is 68.1 Å². The second kappa shape index (κ2) is 21.5. The van der Waals surface area contributed by atoms with Crippen molar-refractivity contribution in [2.75, 3.05) is 0 Å². The van der Waals surface area contributed by atoms with E-state index in [4.69, 9.17) is 4.74 Å². The number of benzene rings is 3. The van der Waals surface area contributed by atoms with Crippen molar-refractivity contribution in [1.82, 2.24) is 0 Å². The number of aliphatic hydroxyl groups excluding tert-OH is 1. The number of carbonyl (C=O) groups excluding carboxylic acids is 1. The highest BCUT2D eigenvalue weighted by molar-refractivity contribution is 5.70. The number of esters is 1. The standard InChI is InChI=1S/C42H50O4/c1-2-3-4-5-6-7-8-9-10-11-12-13-14-15-16-17-27-34-39(43)35-40(44)46-41(36-28-21-18-22-29-36)42(45,37-30-23-19-24-31-37)38-32-25-20-26-33-38/h3-4,6-7,9-10,12-13,15-16,18-26,28-33,39,41,43,45H,2,5,8,11,14,17,27,34-35H2,1H3/t39-,41+/m1/s1. The van der Waals surface area contributed by atoms with E-state index in [-0.39, 0.29) is 6.42 Å². The molecule has 2 N–H and O–H groups in total. The third-order valence-electron chi connectivity index (χ3n) is 7.63. The van der Waals surface area contributed by atoms with Crippen LogP contribution in [0.25, 0.3) is 0 Å². The molecule has 0 aliphatic rings. The van der Waals surface area contributed by atoms with E-state index in [1.807, 2.05) is 91.0 Å². The summed E-state index contributed by atoms with van der Waals surface area (Å²) >= 11 is 0. The van der Waals surface area contributed by atoms with Crippen LogP contribution in [0.1, 0.15) is 87.5 Å². The van der Waals surface area contributed by atoms with Gasteiger partial charge in [-0.2, -0.15) is 0 Å². The SMILES string of the molecule is CCC=CCC=CCC=CCC=CCC=CCCC[C@@H](O)CC(=O)O[C@@H](c1ccccc1)C(O)(c1ccccc1)c1ccccc1. The highest BCUT2D eigenvalue weighted by Crippen LogP contribution is 2.43. The first-order valence-electron chi connectivity index (χ1n) is 16.6. The Kier molecular flexibility index (Phi) is 16.9. The summed E-state index contributed by atoms with van der Waals surface area (Å²) in [4.78, 5) is 13.2. The highest BCUT2D eigenvalue weighted by atomic mass is 16.6. The van der Waals surface area contributed by atoms with E-state index in [1.165, 1.54) is 0 Å². The summed E-state index contributed by atoms with van der Waals surface area (Å²) in [5.74, 6) is -0.554. The molecule has 0 fully saturated rings. The lowest BCUT2D eigenvalue weighted by Crippen LogP contribution is -2.38. The Balaban J connectivity index is 1.47. The fourth-order valence-electron chi connectivity index (χ4n) is 5.19. The predicted molar refractivity (Wildman–Crippen MR) is 190 cm³/mol. The molecule has 4 heteroatoms. The zero-order chi connectivity index (χ0) is 32.7. The van der Waals surface area contributed by atoms with Gasteiger partial charge in [-0.15, -0.1) is 0 Å². The maximum Gasteiger partial charge on any atom is 0.309 e. The molecular weight excluding hydrogens is 568 g/mol. The Labute approximate surface area is 276 Å². The van der Waals surface area contributed by atoms with Gasteiger partial charge in [0.15, 0.2) is 11.7 Å². The fourth-order valence-corrected chi connectivity index (χ4v) is 5.19. The van der Waals surface area contributed by atoms with E-state index in [1.54, 1.807) is 0 Å². The topological polar surface area (TPSA) is 66.8 Å². The van der Waals surface area contributed by atoms with Crippen LogP contribution in [0.2, 0.25) is 0 Å². The van der Waals surface area contributed by atoms with Gasteiger partial charge in [0.1, 0.15) is 0 Å². The minimum atomic E-state index is -1.64. The number of allylic oxidation sites excluding steroid dienone is 10. The van der Waals surface area contributed by atoms with Crippen molar-refractivity contribution in [2.45, 2.75) is 82.5 Å². The summed E-state index contributed by atoms with van der Waals surface area (Å²) < 4.78 is 6.04. The van der Waals surface area contributed by atoms with Crippen LogP contribution in [0.4, 0.5) is 0 Å². The third kappa shape index (κ3) is 12.6. The summed E-state index contributed by atoms with van der Waals surface area (Å²) in [6.45, 7) is 2.14. The molecule has 0 amide bonds. The molecule has 4 nitrogen and oxygen atoms in total. The molecule has 3 aromatic carbocycles. The monoisotopic (exact) mass is 618 g/mol. The van der Waals surface area contributed by atoms with E-state index in [0.717, 1.165) is 44.9 Å². The second-order valence-electron chi connectivity index (χ2n) is 11.3. The zero-order valence-corrected chi connectivity index (χ0v) is 27.2. The summed E-state index contributed by atoms with van der Waals surface area (Å²) in [6, 6.07) is 27.8. The van der Waals surface area contributed by atoms with Crippen LogP contribution in [0.3, 0.4) is 0 Å². The van der Waals surface area contributed by atoms with Gasteiger partial charge in [0.05, 0.1) is 12.5 Å². The highest BCUT2D eigenvalue weighted by Gasteiger charge is 2.44. The smallest absolute Gasteiger partial charge is 0.309 e. The van der Waals surface area contributed by atoms with Crippen LogP contribution in [0.15, 0.2) is 152 Å². The Morgan fingerprint density at radius 1 is 0.674 bits per heavy atom. The van der Waals surface area contributed by atoms with Crippen LogP contribution in [0, 0.1) is 0 Å². The van der Waals surface area contributed by atoms with E-state index in [0.29, 0.717) is 23.1 Å². The second-order valence-corrected chi connectivity index (χ2v) is 11.3. The normalized spacial score (nSPS) is 13.8. The van der Waals surface area contributed by atoms with Gasteiger partial charge < -0.3 is 14.9 Å². The Hall–Kier alpha value is -4.25. The molecule has 0 bridgehead atoms. The summed E-state index contributed by atoms with van der Waals surface area (Å²) in [6.07, 6.45) is 26.7. The first kappa shape index (κ1) is 36.2. The van der Waals surface area contributed by atoms with E-state index in [9.17, 15) is 15.0 Å². The molecule has 46 heavy (non-hydrogen) atoms. The average molecular weight is 619 g/mol. The largest absolute Gasteiger partial charge is 0.454 e. The average Bonchev–Trinajstić information content (AvgIpc) is 3.09. The number of hydrogen-bond acceptors (Lipinski definition) is 4. The van der Waals surface area contributed by atoms with E-state index in [2.05, 4.69) is 67.7 Å². The molecule has 0 saturated carbocycles. The minimum Gasteiger partial charge on any atom is -0.454 e. The predicted octanol–water partition coefficient (Wildman–Crippen LogP) is 9.88. The van der Waals surface area contributed by atoms with Crippen LogP contribution in [0.5, 0.6) is 0 Å². The Morgan fingerprint density at radius 3 is 1.59 bits per heavy atom. The van der Waals surface area contributed by atoms with Crippen LogP contribution >= 0.6 is 0 Å². The molecule has 0 heterocycles. The fraction of sp³-hybridized carbons (Fsp3) is 0.310. The summed E-state index contributed by atoms with van der Waals surface area (Å²) in [7, 11) is 0. The lowest BCUT2D eigenvalue weighted by Gasteiger charge is -2.37. The molecule has 3 aromatic rings. The van der Waals surface area contributed by atoms with Crippen molar-refractivity contribution in [3.05, 3.63) is 168 Å². The van der Waals surface area contributed by atoms with Gasteiger partial charge in [-0.25, -0.2) is 0 Å². The number of carbonyl (C=O) groups is 1. The molecular formula is C42H50O4. The maximum atomic E-state index is 13.2. The van der Waals surface area contributed by atoms with Gasteiger partial charge in [0.25, 0.3) is 0 Å². The van der Waals surface area contributed by atoms with E-state index < -0.39 is 23.8 Å². The number of ether oxygens (including phenoxy) is 1. The Bertz CT molecular complexity index is 1350. The molecule has 2 atom stereocenters. The summed E-state index contributed by atoms with van der Waals surface area (Å²) in [5, 5.41) is 23.0. The number of rotatable bonds is 20. The van der Waals surface area contributed by atoms with Gasteiger partial charge >= 0.3 is 5.97 Å². The number of hydrogen-bond donors (Lipinski definition) is 2. The van der Waals surface area contributed by atoms with Crippen molar-refractivity contribution >= 4 is 5.97 Å². The maximum absolute atomic E-state index is 13.2. The van der Waals surface area contributed by atoms with Crippen molar-refractivity contribution < 1.29 is 19.7 Å². The van der Waals surface area contributed by atoms with Gasteiger partial charge in [-0.3, -0.25) is 4.79 Å². The van der Waals surface area contributed by atoms with Crippen molar-refractivity contribution in [1.29, 1.82) is 0 Å². The Morgan fingerprint density at radius 2 is 1.11 bits per heavy atom. The van der Waals surface area contributed by atoms with Gasteiger partial charge in [-0.1, -0.05) is 159 Å². The van der Waals surface area contributed by atoms with Crippen LogP contribution in [-0.4, -0.2) is 22.3 Å². The molecule has 0 saturated heterocycles. The molecule has 3 rings (SSSR count). The lowest BCUT2D eigenvalue weighted by molar-refractivity contribution is -0.165. The molecule has 0 radical (unpaired) electrons. The van der Waals surface area contributed by atoms with Crippen molar-refractivity contribution in [3.8, 4) is 0 Å². The molecule has 0 unspecified atom stereocenters. The van der Waals surface area contributed by atoms with Crippen LogP contribution < -0.4 is 0 Å². The number of aliphatic hydroxyl groups is 2. The van der Waals surface area contributed by atoms with Crippen molar-refractivity contribution in [2.24, 2.45) is 0 Å². The minimum absolute atomic E-state index is 0.144. The molecule has 0 spiro atoms. The molecule has 0 aliphatic heterocycles. The van der Waals surface area contributed by atoms with Crippen molar-refractivity contribution in [3.63, 3.8) is 0 Å². The molecule has 0 aliphatic carbocycles. The molecule has 0 aromatic heterocycles. The van der Waals surface area contributed by atoms with Gasteiger partial charge in [0.2, 0.25) is 0 Å². The van der Waals surface area contributed by atoms with Gasteiger partial charge in [0, 0.05) is 0 Å². The zero-order valence-electron chi connectivity index (χ0n) is 27.2. The quantitative estimate of drug-likeness (QED) is 0.0751. The van der Waals surface area contributed by atoms with E-state index >= 15 is 0 Å². The molecule has 242 valence electrons. The van der Waals surface area contributed by atoms with Crippen LogP contribution in [-0.2, 0) is 15.1 Å². The third-order valence-corrected chi connectivity index (χ3v) is 7.63.